The summed E-state index contributed by atoms with van der Waals surface area (Å²) in [6, 6.07) is 21.2. The van der Waals surface area contributed by atoms with Crippen LogP contribution in [-0.4, -0.2) is 21.8 Å². The maximum absolute atomic E-state index is 11.1. The van der Waals surface area contributed by atoms with Crippen LogP contribution in [0, 0.1) is 0 Å². The number of carboxylic acid groups (broad SMARTS) is 1. The second kappa shape index (κ2) is 10.4. The van der Waals surface area contributed by atoms with Crippen molar-refractivity contribution in [2.45, 2.75) is 24.9 Å². The number of aromatic nitrogens is 1. The van der Waals surface area contributed by atoms with Crippen LogP contribution in [0.4, 0.5) is 0 Å². The van der Waals surface area contributed by atoms with Gasteiger partial charge in [-0.3, -0.25) is 4.79 Å². The molecular weight excluding hydrogens is 505 g/mol. The Kier molecular flexibility index (Phi) is 7.04. The molecule has 1 N–H and O–H groups in total. The highest BCUT2D eigenvalue weighted by Gasteiger charge is 2.26. The second-order valence-corrected chi connectivity index (χ2v) is 10.2. The first-order valence-corrected chi connectivity index (χ1v) is 12.8. The average Bonchev–Trinajstić information content (AvgIpc) is 2.99. The summed E-state index contributed by atoms with van der Waals surface area (Å²) >= 11 is 14.0. The molecule has 0 radical (unpaired) electrons. The lowest BCUT2D eigenvalue weighted by atomic mass is 10.00. The molecule has 8 heteroatoms. The van der Waals surface area contributed by atoms with Crippen molar-refractivity contribution in [1.82, 2.24) is 4.98 Å². The predicted octanol–water partition coefficient (Wildman–Crippen LogP) is 7.31. The lowest BCUT2D eigenvalue weighted by Gasteiger charge is -2.19. The largest absolute Gasteiger partial charge is 0.489 e. The zero-order chi connectivity index (χ0) is 24.4. The van der Waals surface area contributed by atoms with Crippen LogP contribution >= 0.6 is 35.0 Å². The molecule has 0 saturated heterocycles. The Bertz CT molecular complexity index is 1410. The number of halogens is 2. The van der Waals surface area contributed by atoms with E-state index in [0.717, 1.165) is 33.5 Å². The van der Waals surface area contributed by atoms with Crippen molar-refractivity contribution >= 4 is 51.8 Å². The van der Waals surface area contributed by atoms with E-state index in [9.17, 15) is 4.79 Å². The molecule has 1 aliphatic rings. The van der Waals surface area contributed by atoms with Crippen molar-refractivity contribution in [3.63, 3.8) is 0 Å². The minimum atomic E-state index is -0.807. The van der Waals surface area contributed by atoms with Crippen molar-refractivity contribution in [2.24, 2.45) is 0 Å². The Morgan fingerprint density at radius 3 is 2.80 bits per heavy atom. The summed E-state index contributed by atoms with van der Waals surface area (Å²) in [5.41, 5.74) is 4.65. The summed E-state index contributed by atoms with van der Waals surface area (Å²) in [4.78, 5) is 15.8. The normalized spacial score (nSPS) is 14.5. The van der Waals surface area contributed by atoms with E-state index in [1.807, 2.05) is 48.5 Å². The van der Waals surface area contributed by atoms with Crippen LogP contribution in [0.5, 0.6) is 11.5 Å². The lowest BCUT2D eigenvalue weighted by molar-refractivity contribution is -0.136. The number of benzene rings is 3. The van der Waals surface area contributed by atoms with Gasteiger partial charge in [-0.25, -0.2) is 4.98 Å². The molecule has 0 aliphatic carbocycles. The van der Waals surface area contributed by atoms with E-state index in [2.05, 4.69) is 11.1 Å². The first kappa shape index (κ1) is 23.8. The molecule has 0 fully saturated rings. The highest BCUT2D eigenvalue weighted by atomic mass is 35.5. The minimum absolute atomic E-state index is 0.0605. The van der Waals surface area contributed by atoms with E-state index in [-0.39, 0.29) is 18.3 Å². The molecule has 2 heterocycles. The van der Waals surface area contributed by atoms with Gasteiger partial charge >= 0.3 is 5.97 Å². The van der Waals surface area contributed by atoms with Crippen LogP contribution < -0.4 is 9.47 Å². The average molecular weight is 526 g/mol. The smallest absolute Gasteiger partial charge is 0.304 e. The van der Waals surface area contributed by atoms with Gasteiger partial charge in [-0.1, -0.05) is 47.5 Å². The highest BCUT2D eigenvalue weighted by molar-refractivity contribution is 7.99. The predicted molar refractivity (Wildman–Crippen MR) is 140 cm³/mol. The summed E-state index contributed by atoms with van der Waals surface area (Å²) in [6.45, 7) is 0.735. The first-order chi connectivity index (χ1) is 17.0. The highest BCUT2D eigenvalue weighted by Crippen LogP contribution is 2.45. The third-order valence-electron chi connectivity index (χ3n) is 5.75. The van der Waals surface area contributed by atoms with Crippen LogP contribution in [-0.2, 0) is 18.0 Å². The van der Waals surface area contributed by atoms with Gasteiger partial charge < -0.3 is 14.6 Å². The van der Waals surface area contributed by atoms with Gasteiger partial charge in [-0.15, -0.1) is 11.8 Å². The van der Waals surface area contributed by atoms with Gasteiger partial charge in [0.05, 0.1) is 27.9 Å². The third-order valence-corrected chi connectivity index (χ3v) is 7.56. The topological polar surface area (TPSA) is 68.7 Å². The van der Waals surface area contributed by atoms with Gasteiger partial charge in [0.15, 0.2) is 0 Å². The molecule has 1 atom stereocenters. The van der Waals surface area contributed by atoms with Crippen molar-refractivity contribution in [3.05, 3.63) is 99.2 Å². The summed E-state index contributed by atoms with van der Waals surface area (Å²) in [6.07, 6.45) is 0.0946. The fourth-order valence-corrected chi connectivity index (χ4v) is 5.93. The molecule has 178 valence electrons. The van der Waals surface area contributed by atoms with Gasteiger partial charge in [0.25, 0.3) is 0 Å². The van der Waals surface area contributed by atoms with Gasteiger partial charge in [0.2, 0.25) is 0 Å². The summed E-state index contributed by atoms with van der Waals surface area (Å²) in [7, 11) is 0. The molecular formula is C27H21Cl2NO4S. The van der Waals surface area contributed by atoms with Crippen molar-refractivity contribution in [1.29, 1.82) is 0 Å². The maximum atomic E-state index is 11.1. The van der Waals surface area contributed by atoms with Crippen molar-refractivity contribution < 1.29 is 19.4 Å². The van der Waals surface area contributed by atoms with E-state index in [0.29, 0.717) is 33.7 Å². The van der Waals surface area contributed by atoms with Crippen LogP contribution in [0.1, 0.15) is 34.1 Å². The first-order valence-electron chi connectivity index (χ1n) is 11.0. The van der Waals surface area contributed by atoms with Crippen LogP contribution in [0.3, 0.4) is 0 Å². The van der Waals surface area contributed by atoms with E-state index in [1.54, 1.807) is 23.9 Å². The van der Waals surface area contributed by atoms with Gasteiger partial charge in [-0.05, 0) is 53.6 Å². The summed E-state index contributed by atoms with van der Waals surface area (Å²) in [5.74, 6) is 1.14. The molecule has 1 unspecified atom stereocenters. The van der Waals surface area contributed by atoms with E-state index < -0.39 is 5.97 Å². The van der Waals surface area contributed by atoms with Gasteiger partial charge in [0.1, 0.15) is 24.7 Å². The molecule has 1 aromatic heterocycles. The molecule has 5 rings (SSSR count). The van der Waals surface area contributed by atoms with Crippen LogP contribution in [0.15, 0.2) is 66.7 Å². The fraction of sp³-hybridized carbons (Fsp3) is 0.185. The number of thioether (sulfide) groups is 1. The number of carbonyl (C=O) groups is 1. The number of hydrogen-bond donors (Lipinski definition) is 1. The lowest BCUT2D eigenvalue weighted by Crippen LogP contribution is -2.04. The fourth-order valence-electron chi connectivity index (χ4n) is 4.08. The number of rotatable bonds is 7. The number of nitrogens with zero attached hydrogens (tertiary/aromatic N) is 1. The summed E-state index contributed by atoms with van der Waals surface area (Å²) < 4.78 is 12.2. The molecule has 35 heavy (non-hydrogen) atoms. The van der Waals surface area contributed by atoms with E-state index >= 15 is 0 Å². The molecule has 3 aromatic carbocycles. The quantitative estimate of drug-likeness (QED) is 0.272. The standard InChI is InChI=1S/C27H21Cl2NO4S/c28-17-11-23(29)21-7-5-18(30-24(21)12-17)15-33-19-6-8-25-22(13-19)27(35-10-9-26(31)32)20-4-2-1-3-16(20)14-34-25/h1-8,11-13,27H,9-10,14-15H2,(H,31,32). The molecule has 4 aromatic rings. The third kappa shape index (κ3) is 5.35. The minimum Gasteiger partial charge on any atom is -0.489 e. The summed E-state index contributed by atoms with van der Waals surface area (Å²) in [5, 5.41) is 11.0. The molecule has 0 saturated carbocycles. The van der Waals surface area contributed by atoms with Crippen LogP contribution in [0.25, 0.3) is 10.9 Å². The van der Waals surface area contributed by atoms with Crippen molar-refractivity contribution in [2.75, 3.05) is 5.75 Å². The molecule has 1 aliphatic heterocycles. The van der Waals surface area contributed by atoms with Crippen LogP contribution in [0.2, 0.25) is 10.0 Å². The molecule has 0 spiro atoms. The maximum Gasteiger partial charge on any atom is 0.304 e. The Hall–Kier alpha value is -2.93. The Balaban J connectivity index is 1.41. The Labute approximate surface area is 217 Å². The van der Waals surface area contributed by atoms with E-state index in [1.165, 1.54) is 0 Å². The number of pyridine rings is 1. The molecule has 5 nitrogen and oxygen atoms in total. The van der Waals surface area contributed by atoms with Crippen molar-refractivity contribution in [3.8, 4) is 11.5 Å². The molecule has 0 bridgehead atoms. The van der Waals surface area contributed by atoms with Gasteiger partial charge in [-0.2, -0.15) is 0 Å². The Morgan fingerprint density at radius 1 is 1.09 bits per heavy atom. The number of ether oxygens (including phenoxy) is 2. The van der Waals surface area contributed by atoms with Gasteiger partial charge in [0, 0.05) is 21.7 Å². The Morgan fingerprint density at radius 2 is 1.94 bits per heavy atom. The monoisotopic (exact) mass is 525 g/mol. The zero-order valence-corrected chi connectivity index (χ0v) is 20.9. The number of fused-ring (bicyclic) bond motifs is 3. The number of carboxylic acids is 1. The molecule has 0 amide bonds. The second-order valence-electron chi connectivity index (χ2n) is 8.13. The number of aliphatic carboxylic acids is 1. The SMILES string of the molecule is O=C(O)CCSC1c2ccccc2COc2ccc(OCc3ccc4c(Cl)cc(Cl)cc4n3)cc21. The number of hydrogen-bond acceptors (Lipinski definition) is 5. The zero-order valence-electron chi connectivity index (χ0n) is 18.5. The van der Waals surface area contributed by atoms with E-state index in [4.69, 9.17) is 37.8 Å².